The predicted molar refractivity (Wildman–Crippen MR) is 53.3 cm³/mol. The van der Waals surface area contributed by atoms with E-state index in [0.29, 0.717) is 5.92 Å². The summed E-state index contributed by atoms with van der Waals surface area (Å²) in [6, 6.07) is 0. The molecule has 2 aliphatic carbocycles. The third-order valence-corrected chi connectivity index (χ3v) is 6.49. The van der Waals surface area contributed by atoms with Gasteiger partial charge >= 0.3 is 0 Å². The molecule has 0 heterocycles. The highest BCUT2D eigenvalue weighted by molar-refractivity contribution is 7.92. The van der Waals surface area contributed by atoms with Crippen LogP contribution in [0.4, 0.5) is 0 Å². The van der Waals surface area contributed by atoms with Crippen molar-refractivity contribution in [3.8, 4) is 0 Å². The second kappa shape index (κ2) is 2.97. The molecule has 0 radical (unpaired) electrons. The van der Waals surface area contributed by atoms with Crippen molar-refractivity contribution in [1.29, 1.82) is 0 Å². The first kappa shape index (κ1) is 9.50. The lowest BCUT2D eigenvalue weighted by atomic mass is 10.0. The van der Waals surface area contributed by atoms with Gasteiger partial charge in [0.25, 0.3) is 0 Å². The first-order valence-corrected chi connectivity index (χ1v) is 6.85. The van der Waals surface area contributed by atoms with Gasteiger partial charge < -0.3 is 0 Å². The van der Waals surface area contributed by atoms with Gasteiger partial charge in [-0.2, -0.15) is 0 Å². The SMILES string of the molecule is CC(C)S(=O)(=O)[C@@H]1C[C@H]2CC[C@H]1C2. The molecule has 3 heteroatoms. The van der Waals surface area contributed by atoms with Crippen molar-refractivity contribution in [3.63, 3.8) is 0 Å². The minimum Gasteiger partial charge on any atom is -0.228 e. The van der Waals surface area contributed by atoms with Crippen LogP contribution in [-0.2, 0) is 9.84 Å². The Morgan fingerprint density at radius 2 is 1.85 bits per heavy atom. The topological polar surface area (TPSA) is 34.1 Å². The Hall–Kier alpha value is -0.0500. The first-order chi connectivity index (χ1) is 6.01. The highest BCUT2D eigenvalue weighted by atomic mass is 32.2. The van der Waals surface area contributed by atoms with Gasteiger partial charge in [-0.05, 0) is 44.9 Å². The third-order valence-electron chi connectivity index (χ3n) is 3.75. The summed E-state index contributed by atoms with van der Waals surface area (Å²) in [5.74, 6) is 1.22. The maximum absolute atomic E-state index is 11.9. The Balaban J connectivity index is 2.19. The van der Waals surface area contributed by atoms with Crippen LogP contribution in [0.2, 0.25) is 0 Å². The number of sulfone groups is 1. The highest BCUT2D eigenvalue weighted by Gasteiger charge is 2.46. The van der Waals surface area contributed by atoms with Gasteiger partial charge in [0.2, 0.25) is 0 Å². The van der Waals surface area contributed by atoms with E-state index in [4.69, 9.17) is 0 Å². The number of rotatable bonds is 2. The minimum atomic E-state index is -2.81. The lowest BCUT2D eigenvalue weighted by Gasteiger charge is -2.23. The Morgan fingerprint density at radius 3 is 2.23 bits per heavy atom. The lowest BCUT2D eigenvalue weighted by molar-refractivity contribution is 0.461. The van der Waals surface area contributed by atoms with Gasteiger partial charge in [-0.15, -0.1) is 0 Å². The molecule has 76 valence electrons. The van der Waals surface area contributed by atoms with E-state index in [9.17, 15) is 8.42 Å². The smallest absolute Gasteiger partial charge is 0.155 e. The molecule has 0 unspecified atom stereocenters. The van der Waals surface area contributed by atoms with Crippen molar-refractivity contribution in [2.75, 3.05) is 0 Å². The van der Waals surface area contributed by atoms with Crippen LogP contribution in [0.25, 0.3) is 0 Å². The molecular formula is C10H18O2S. The van der Waals surface area contributed by atoms with Gasteiger partial charge in [-0.1, -0.05) is 6.42 Å². The van der Waals surface area contributed by atoms with Gasteiger partial charge in [-0.25, -0.2) is 8.42 Å². The lowest BCUT2D eigenvalue weighted by Crippen LogP contribution is -2.32. The average molecular weight is 202 g/mol. The standard InChI is InChI=1S/C10H18O2S/c1-7(2)13(11,12)10-6-8-3-4-9(10)5-8/h7-10H,3-6H2,1-2H3/t8-,9-,10+/m0/s1. The maximum Gasteiger partial charge on any atom is 0.155 e. The Kier molecular flexibility index (Phi) is 2.17. The molecular weight excluding hydrogens is 184 g/mol. The fraction of sp³-hybridized carbons (Fsp3) is 1.00. The second-order valence-corrected chi connectivity index (χ2v) is 7.58. The van der Waals surface area contributed by atoms with Crippen LogP contribution in [0.5, 0.6) is 0 Å². The second-order valence-electron chi connectivity index (χ2n) is 4.85. The van der Waals surface area contributed by atoms with Gasteiger partial charge in [0, 0.05) is 0 Å². The molecule has 0 saturated heterocycles. The van der Waals surface area contributed by atoms with E-state index in [-0.39, 0.29) is 10.5 Å². The van der Waals surface area contributed by atoms with E-state index >= 15 is 0 Å². The molecule has 2 fully saturated rings. The van der Waals surface area contributed by atoms with E-state index in [1.807, 2.05) is 0 Å². The zero-order valence-electron chi connectivity index (χ0n) is 8.36. The average Bonchev–Trinajstić information content (AvgIpc) is 2.63. The van der Waals surface area contributed by atoms with Crippen LogP contribution in [0.1, 0.15) is 39.5 Å². The summed E-state index contributed by atoms with van der Waals surface area (Å²) in [6.45, 7) is 3.61. The largest absolute Gasteiger partial charge is 0.228 e. The molecule has 0 aliphatic heterocycles. The maximum atomic E-state index is 11.9. The summed E-state index contributed by atoms with van der Waals surface area (Å²) >= 11 is 0. The first-order valence-electron chi connectivity index (χ1n) is 5.24. The summed E-state index contributed by atoms with van der Waals surface area (Å²) < 4.78 is 23.8. The van der Waals surface area contributed by atoms with Crippen molar-refractivity contribution in [2.45, 2.75) is 50.0 Å². The fourth-order valence-electron chi connectivity index (χ4n) is 2.94. The zero-order chi connectivity index (χ0) is 9.64. The van der Waals surface area contributed by atoms with Crippen LogP contribution in [0.15, 0.2) is 0 Å². The molecule has 2 saturated carbocycles. The predicted octanol–water partition coefficient (Wildman–Crippen LogP) is 2.00. The number of hydrogen-bond donors (Lipinski definition) is 0. The molecule has 2 rings (SSSR count). The fourth-order valence-corrected chi connectivity index (χ4v) is 4.96. The van der Waals surface area contributed by atoms with Crippen LogP contribution in [-0.4, -0.2) is 18.9 Å². The zero-order valence-corrected chi connectivity index (χ0v) is 9.18. The van der Waals surface area contributed by atoms with Crippen molar-refractivity contribution in [2.24, 2.45) is 11.8 Å². The minimum absolute atomic E-state index is 0.00579. The van der Waals surface area contributed by atoms with Crippen LogP contribution in [0.3, 0.4) is 0 Å². The van der Waals surface area contributed by atoms with Crippen molar-refractivity contribution in [1.82, 2.24) is 0 Å². The Labute approximate surface area is 80.6 Å². The summed E-state index contributed by atoms with van der Waals surface area (Å²) in [4.78, 5) is 0. The molecule has 0 aromatic heterocycles. The summed E-state index contributed by atoms with van der Waals surface area (Å²) in [6.07, 6.45) is 4.55. The number of fused-ring (bicyclic) bond motifs is 2. The van der Waals surface area contributed by atoms with Gasteiger partial charge in [0.05, 0.1) is 10.5 Å². The highest BCUT2D eigenvalue weighted by Crippen LogP contribution is 2.48. The third kappa shape index (κ3) is 1.41. The molecule has 0 aromatic carbocycles. The van der Waals surface area contributed by atoms with Gasteiger partial charge in [0.15, 0.2) is 9.84 Å². The normalized spacial score (nSPS) is 38.8. The molecule has 0 spiro atoms. The summed E-state index contributed by atoms with van der Waals surface area (Å²) in [7, 11) is -2.81. The number of hydrogen-bond acceptors (Lipinski definition) is 2. The van der Waals surface area contributed by atoms with Crippen LogP contribution in [0, 0.1) is 11.8 Å². The monoisotopic (exact) mass is 202 g/mol. The molecule has 0 aromatic rings. The van der Waals surface area contributed by atoms with Gasteiger partial charge in [-0.3, -0.25) is 0 Å². The quantitative estimate of drug-likeness (QED) is 0.686. The van der Waals surface area contributed by atoms with Crippen molar-refractivity contribution >= 4 is 9.84 Å². The van der Waals surface area contributed by atoms with E-state index in [2.05, 4.69) is 0 Å². The van der Waals surface area contributed by atoms with E-state index in [0.717, 1.165) is 18.8 Å². The molecule has 13 heavy (non-hydrogen) atoms. The molecule has 2 aliphatic rings. The molecule has 2 nitrogen and oxygen atoms in total. The Bertz CT molecular complexity index is 292. The molecule has 3 atom stereocenters. The molecule has 0 N–H and O–H groups in total. The van der Waals surface area contributed by atoms with E-state index in [1.54, 1.807) is 13.8 Å². The van der Waals surface area contributed by atoms with Crippen LogP contribution < -0.4 is 0 Å². The van der Waals surface area contributed by atoms with Crippen molar-refractivity contribution < 1.29 is 8.42 Å². The van der Waals surface area contributed by atoms with E-state index in [1.165, 1.54) is 12.8 Å². The van der Waals surface area contributed by atoms with E-state index < -0.39 is 9.84 Å². The van der Waals surface area contributed by atoms with Gasteiger partial charge in [0.1, 0.15) is 0 Å². The Morgan fingerprint density at radius 1 is 1.15 bits per heavy atom. The molecule has 2 bridgehead atoms. The summed E-state index contributed by atoms with van der Waals surface area (Å²) in [5.41, 5.74) is 0. The summed E-state index contributed by atoms with van der Waals surface area (Å²) in [5, 5.41) is -0.178. The van der Waals surface area contributed by atoms with Crippen molar-refractivity contribution in [3.05, 3.63) is 0 Å². The van der Waals surface area contributed by atoms with Crippen LogP contribution >= 0.6 is 0 Å². The molecule has 0 amide bonds.